The lowest BCUT2D eigenvalue weighted by atomic mass is 10.0. The van der Waals surface area contributed by atoms with E-state index < -0.39 is 0 Å². The largest absolute Gasteiger partial charge is 0.377 e. The molecule has 0 radical (unpaired) electrons. The van der Waals surface area contributed by atoms with Gasteiger partial charge in [-0.2, -0.15) is 0 Å². The van der Waals surface area contributed by atoms with E-state index in [-0.39, 0.29) is 6.04 Å². The summed E-state index contributed by atoms with van der Waals surface area (Å²) in [5, 5.41) is 3.53. The third-order valence-corrected chi connectivity index (χ3v) is 3.96. The first-order valence-electron chi connectivity index (χ1n) is 8.20. The summed E-state index contributed by atoms with van der Waals surface area (Å²) < 4.78 is 11.7. The van der Waals surface area contributed by atoms with Gasteiger partial charge in [0.2, 0.25) is 0 Å². The van der Waals surface area contributed by atoms with Crippen LogP contribution in [0.15, 0.2) is 18.2 Å². The van der Waals surface area contributed by atoms with Crippen molar-refractivity contribution in [1.29, 1.82) is 0 Å². The summed E-state index contributed by atoms with van der Waals surface area (Å²) >= 11 is 0. The van der Waals surface area contributed by atoms with E-state index in [1.54, 1.807) is 0 Å². The second kappa shape index (κ2) is 8.52. The third kappa shape index (κ3) is 5.42. The van der Waals surface area contributed by atoms with Crippen LogP contribution in [-0.2, 0) is 9.47 Å². The second-order valence-corrected chi connectivity index (χ2v) is 6.06. The summed E-state index contributed by atoms with van der Waals surface area (Å²) in [7, 11) is 0. The molecular formula is C18H29NO2. The van der Waals surface area contributed by atoms with E-state index in [9.17, 15) is 0 Å². The lowest BCUT2D eigenvalue weighted by Crippen LogP contribution is -2.29. The first kappa shape index (κ1) is 16.5. The molecule has 0 amide bonds. The summed E-state index contributed by atoms with van der Waals surface area (Å²) in [5.74, 6) is 0. The van der Waals surface area contributed by atoms with Crippen molar-refractivity contribution in [3.05, 3.63) is 34.9 Å². The molecule has 1 N–H and O–H groups in total. The summed E-state index contributed by atoms with van der Waals surface area (Å²) in [5.41, 5.74) is 3.94. The molecular weight excluding hydrogens is 262 g/mol. The number of hydrogen-bond acceptors (Lipinski definition) is 3. The molecule has 21 heavy (non-hydrogen) atoms. The van der Waals surface area contributed by atoms with Gasteiger partial charge in [-0.15, -0.1) is 0 Å². The Morgan fingerprint density at radius 1 is 1.24 bits per heavy atom. The average molecular weight is 291 g/mol. The molecule has 3 nitrogen and oxygen atoms in total. The van der Waals surface area contributed by atoms with E-state index in [2.05, 4.69) is 44.3 Å². The second-order valence-electron chi connectivity index (χ2n) is 6.06. The first-order chi connectivity index (χ1) is 10.2. The molecule has 1 aliphatic heterocycles. The molecule has 1 saturated heterocycles. The number of benzene rings is 1. The highest BCUT2D eigenvalue weighted by Crippen LogP contribution is 2.19. The molecule has 2 atom stereocenters. The molecule has 2 unspecified atom stereocenters. The molecule has 1 aromatic rings. The van der Waals surface area contributed by atoms with Crippen LogP contribution in [0.25, 0.3) is 0 Å². The maximum atomic E-state index is 5.93. The van der Waals surface area contributed by atoms with Crippen molar-refractivity contribution in [3.63, 3.8) is 0 Å². The predicted octanol–water partition coefficient (Wildman–Crippen LogP) is 3.54. The van der Waals surface area contributed by atoms with Gasteiger partial charge in [0.1, 0.15) is 0 Å². The number of rotatable bonds is 7. The Hall–Kier alpha value is -0.900. The van der Waals surface area contributed by atoms with Crippen molar-refractivity contribution in [1.82, 2.24) is 5.32 Å². The molecule has 3 heteroatoms. The van der Waals surface area contributed by atoms with Crippen molar-refractivity contribution in [2.24, 2.45) is 0 Å². The molecule has 0 saturated carbocycles. The molecule has 0 aliphatic carbocycles. The highest BCUT2D eigenvalue weighted by atomic mass is 16.5. The van der Waals surface area contributed by atoms with Crippen LogP contribution in [0, 0.1) is 13.8 Å². The van der Waals surface area contributed by atoms with E-state index in [0.717, 1.165) is 19.6 Å². The minimum atomic E-state index is 0.261. The Bertz CT molecular complexity index is 407. The number of nitrogens with one attached hydrogen (secondary N) is 1. The number of aryl methyl sites for hydroxylation is 2. The topological polar surface area (TPSA) is 30.5 Å². The van der Waals surface area contributed by atoms with Crippen LogP contribution in [0.3, 0.4) is 0 Å². The van der Waals surface area contributed by atoms with Crippen LogP contribution in [-0.4, -0.2) is 32.5 Å². The maximum absolute atomic E-state index is 5.93. The smallest absolute Gasteiger partial charge is 0.0808 e. The van der Waals surface area contributed by atoms with Crippen LogP contribution in [0.4, 0.5) is 0 Å². The predicted molar refractivity (Wildman–Crippen MR) is 86.7 cm³/mol. The quantitative estimate of drug-likeness (QED) is 0.833. The number of hydrogen-bond donors (Lipinski definition) is 1. The molecule has 1 aliphatic rings. The van der Waals surface area contributed by atoms with Gasteiger partial charge in [-0.25, -0.2) is 0 Å². The van der Waals surface area contributed by atoms with Gasteiger partial charge in [-0.05, 0) is 45.2 Å². The van der Waals surface area contributed by atoms with Crippen molar-refractivity contribution >= 4 is 0 Å². The lowest BCUT2D eigenvalue weighted by molar-refractivity contribution is -0.0442. The van der Waals surface area contributed by atoms with Crippen molar-refractivity contribution in [3.8, 4) is 0 Å². The van der Waals surface area contributed by atoms with Gasteiger partial charge in [0.05, 0.1) is 25.4 Å². The van der Waals surface area contributed by atoms with Gasteiger partial charge in [0, 0.05) is 6.61 Å². The summed E-state index contributed by atoms with van der Waals surface area (Å²) in [6.07, 6.45) is 3.89. The number of ether oxygens (including phenoxy) is 2. The van der Waals surface area contributed by atoms with Crippen LogP contribution in [0.5, 0.6) is 0 Å². The van der Waals surface area contributed by atoms with Crippen LogP contribution >= 0.6 is 0 Å². The lowest BCUT2D eigenvalue weighted by Gasteiger charge is -2.24. The van der Waals surface area contributed by atoms with Crippen LogP contribution < -0.4 is 5.32 Å². The minimum absolute atomic E-state index is 0.261. The summed E-state index contributed by atoms with van der Waals surface area (Å²) in [6.45, 7) is 9.69. The molecule has 1 heterocycles. The van der Waals surface area contributed by atoms with Gasteiger partial charge in [-0.3, -0.25) is 0 Å². The fraction of sp³-hybridized carbons (Fsp3) is 0.667. The average Bonchev–Trinajstić information content (AvgIpc) is 2.46. The third-order valence-electron chi connectivity index (χ3n) is 3.96. The van der Waals surface area contributed by atoms with E-state index in [0.29, 0.717) is 19.3 Å². The summed E-state index contributed by atoms with van der Waals surface area (Å²) in [4.78, 5) is 0. The van der Waals surface area contributed by atoms with E-state index in [4.69, 9.17) is 9.47 Å². The van der Waals surface area contributed by atoms with E-state index >= 15 is 0 Å². The monoisotopic (exact) mass is 291 g/mol. The van der Waals surface area contributed by atoms with Crippen molar-refractivity contribution < 1.29 is 9.47 Å². The Labute approximate surface area is 129 Å². The Balaban J connectivity index is 1.88. The van der Waals surface area contributed by atoms with Crippen molar-refractivity contribution in [2.45, 2.75) is 52.2 Å². The van der Waals surface area contributed by atoms with Crippen molar-refractivity contribution in [2.75, 3.05) is 26.4 Å². The standard InChI is InChI=1S/C18H29NO2/c1-4-19-18(16-10-14(2)9-15(3)11-16)13-20-12-17-7-5-6-8-21-17/h9-11,17-19H,4-8,12-13H2,1-3H3. The van der Waals surface area contributed by atoms with Crippen LogP contribution in [0.1, 0.15) is 48.9 Å². The van der Waals surface area contributed by atoms with Gasteiger partial charge in [0.25, 0.3) is 0 Å². The van der Waals surface area contributed by atoms with Gasteiger partial charge in [0.15, 0.2) is 0 Å². The molecule has 2 rings (SSSR count). The zero-order valence-corrected chi connectivity index (χ0v) is 13.7. The van der Waals surface area contributed by atoms with E-state index in [1.165, 1.54) is 29.5 Å². The fourth-order valence-electron chi connectivity index (χ4n) is 2.99. The zero-order valence-electron chi connectivity index (χ0n) is 13.7. The van der Waals surface area contributed by atoms with Gasteiger partial charge >= 0.3 is 0 Å². The fourth-order valence-corrected chi connectivity index (χ4v) is 2.99. The first-order valence-corrected chi connectivity index (χ1v) is 8.20. The SMILES string of the molecule is CCNC(COCC1CCCCO1)c1cc(C)cc(C)c1. The molecule has 0 bridgehead atoms. The zero-order chi connectivity index (χ0) is 15.1. The van der Waals surface area contributed by atoms with E-state index in [1.807, 2.05) is 0 Å². The highest BCUT2D eigenvalue weighted by Gasteiger charge is 2.16. The van der Waals surface area contributed by atoms with Gasteiger partial charge < -0.3 is 14.8 Å². The molecule has 1 fully saturated rings. The van der Waals surface area contributed by atoms with Crippen LogP contribution in [0.2, 0.25) is 0 Å². The Morgan fingerprint density at radius 2 is 2.00 bits per heavy atom. The molecule has 0 aromatic heterocycles. The highest BCUT2D eigenvalue weighted by molar-refractivity contribution is 5.30. The Kier molecular flexibility index (Phi) is 6.68. The maximum Gasteiger partial charge on any atom is 0.0808 e. The Morgan fingerprint density at radius 3 is 2.62 bits per heavy atom. The number of likely N-dealkylation sites (N-methyl/N-ethyl adjacent to an activating group) is 1. The molecule has 0 spiro atoms. The van der Waals surface area contributed by atoms with Gasteiger partial charge in [-0.1, -0.05) is 36.2 Å². The summed E-state index contributed by atoms with van der Waals surface area (Å²) in [6, 6.07) is 6.97. The molecule has 1 aromatic carbocycles. The molecule has 118 valence electrons. The minimum Gasteiger partial charge on any atom is -0.377 e. The normalized spacial score (nSPS) is 20.4.